The second kappa shape index (κ2) is 5.30. The fourth-order valence-corrected chi connectivity index (χ4v) is 3.08. The van der Waals surface area contributed by atoms with Crippen LogP contribution in [0.3, 0.4) is 0 Å². The Balaban J connectivity index is 2.18. The van der Waals surface area contributed by atoms with Crippen LogP contribution in [-0.4, -0.2) is 23.7 Å². The van der Waals surface area contributed by atoms with Crippen LogP contribution in [0.2, 0.25) is 0 Å². The normalized spacial score (nSPS) is 12.2. The van der Waals surface area contributed by atoms with E-state index in [9.17, 15) is 8.42 Å². The van der Waals surface area contributed by atoms with E-state index in [1.165, 1.54) is 0 Å². The number of aromatic nitrogens is 2. The number of hydrogen-bond donors (Lipinski definition) is 1. The van der Waals surface area contributed by atoms with Gasteiger partial charge in [-0.05, 0) is 31.0 Å². The van der Waals surface area contributed by atoms with Crippen LogP contribution in [0.15, 0.2) is 18.2 Å². The summed E-state index contributed by atoms with van der Waals surface area (Å²) in [6.45, 7) is 4.11. The van der Waals surface area contributed by atoms with Crippen molar-refractivity contribution in [1.29, 1.82) is 0 Å². The smallest absolute Gasteiger partial charge is 0.211 e. The van der Waals surface area contributed by atoms with Crippen LogP contribution in [0.5, 0.6) is 0 Å². The molecule has 0 bridgehead atoms. The van der Waals surface area contributed by atoms with Crippen molar-refractivity contribution >= 4 is 21.1 Å². The first kappa shape index (κ1) is 14.0. The number of fused-ring (bicyclic) bond motifs is 1. The molecule has 0 fully saturated rings. The van der Waals surface area contributed by atoms with Crippen LogP contribution in [0.4, 0.5) is 0 Å². The van der Waals surface area contributed by atoms with Crippen LogP contribution in [0, 0.1) is 6.92 Å². The molecule has 0 aliphatic heterocycles. The maximum absolute atomic E-state index is 11.6. The highest BCUT2D eigenvalue weighted by atomic mass is 32.2. The van der Waals surface area contributed by atoms with Gasteiger partial charge in [-0.1, -0.05) is 13.0 Å². The summed E-state index contributed by atoms with van der Waals surface area (Å²) in [6.07, 6.45) is 0.619. The first-order valence-corrected chi connectivity index (χ1v) is 7.97. The van der Waals surface area contributed by atoms with E-state index in [0.717, 1.165) is 22.4 Å². The van der Waals surface area contributed by atoms with Crippen molar-refractivity contribution in [2.75, 3.05) is 5.75 Å². The highest BCUT2D eigenvalue weighted by molar-refractivity contribution is 7.89. The Labute approximate surface area is 113 Å². The Morgan fingerprint density at radius 1 is 1.37 bits per heavy atom. The summed E-state index contributed by atoms with van der Waals surface area (Å²) in [5, 5.41) is 0. The lowest BCUT2D eigenvalue weighted by Gasteiger charge is -2.05. The van der Waals surface area contributed by atoms with E-state index in [1.54, 1.807) is 0 Å². The van der Waals surface area contributed by atoms with Gasteiger partial charge in [0.15, 0.2) is 0 Å². The van der Waals surface area contributed by atoms with Gasteiger partial charge in [0.1, 0.15) is 5.82 Å². The average Bonchev–Trinajstić information content (AvgIpc) is 2.62. The SMILES string of the molecule is CCCS(=O)(=O)NCc1ccc2c(c1)nc(C)n2C. The topological polar surface area (TPSA) is 64.0 Å². The lowest BCUT2D eigenvalue weighted by atomic mass is 10.2. The molecule has 1 N–H and O–H groups in total. The van der Waals surface area contributed by atoms with Crippen molar-refractivity contribution < 1.29 is 8.42 Å². The predicted octanol–water partition coefficient (Wildman–Crippen LogP) is 1.71. The molecule has 1 aromatic carbocycles. The Kier molecular flexibility index (Phi) is 3.91. The summed E-state index contributed by atoms with van der Waals surface area (Å²) < 4.78 is 27.8. The van der Waals surface area contributed by atoms with Gasteiger partial charge in [0.05, 0.1) is 16.8 Å². The van der Waals surface area contributed by atoms with Gasteiger partial charge in [0.25, 0.3) is 0 Å². The third-order valence-electron chi connectivity index (χ3n) is 3.14. The van der Waals surface area contributed by atoms with E-state index < -0.39 is 10.0 Å². The first-order chi connectivity index (χ1) is 8.93. The minimum Gasteiger partial charge on any atom is -0.331 e. The highest BCUT2D eigenvalue weighted by Crippen LogP contribution is 2.16. The van der Waals surface area contributed by atoms with Gasteiger partial charge in [-0.25, -0.2) is 18.1 Å². The molecule has 1 heterocycles. The molecular formula is C13H19N3O2S. The zero-order valence-corrected chi connectivity index (χ0v) is 12.3. The van der Waals surface area contributed by atoms with Crippen molar-refractivity contribution in [3.63, 3.8) is 0 Å². The Hall–Kier alpha value is -1.40. The number of nitrogens with zero attached hydrogens (tertiary/aromatic N) is 2. The van der Waals surface area contributed by atoms with Crippen molar-refractivity contribution in [1.82, 2.24) is 14.3 Å². The molecule has 0 atom stereocenters. The molecule has 0 radical (unpaired) electrons. The average molecular weight is 281 g/mol. The van der Waals surface area contributed by atoms with Gasteiger partial charge in [-0.15, -0.1) is 0 Å². The van der Waals surface area contributed by atoms with Crippen molar-refractivity contribution in [3.8, 4) is 0 Å². The number of benzene rings is 1. The van der Waals surface area contributed by atoms with Gasteiger partial charge >= 0.3 is 0 Å². The van der Waals surface area contributed by atoms with Gasteiger partial charge in [0, 0.05) is 13.6 Å². The minimum atomic E-state index is -3.16. The molecule has 19 heavy (non-hydrogen) atoms. The largest absolute Gasteiger partial charge is 0.331 e. The summed E-state index contributed by atoms with van der Waals surface area (Å²) >= 11 is 0. The van der Waals surface area contributed by atoms with Crippen LogP contribution >= 0.6 is 0 Å². The maximum Gasteiger partial charge on any atom is 0.211 e. The molecule has 0 aliphatic carbocycles. The second-order valence-electron chi connectivity index (χ2n) is 4.68. The van der Waals surface area contributed by atoms with Crippen LogP contribution in [0.25, 0.3) is 11.0 Å². The number of rotatable bonds is 5. The van der Waals surface area contributed by atoms with Crippen LogP contribution < -0.4 is 4.72 Å². The van der Waals surface area contributed by atoms with Gasteiger partial charge in [0.2, 0.25) is 10.0 Å². The zero-order valence-electron chi connectivity index (χ0n) is 11.5. The molecule has 0 saturated heterocycles. The summed E-state index contributed by atoms with van der Waals surface area (Å²) in [4.78, 5) is 4.44. The Bertz CT molecular complexity index is 689. The van der Waals surface area contributed by atoms with Crippen LogP contribution in [-0.2, 0) is 23.6 Å². The van der Waals surface area contributed by atoms with E-state index in [2.05, 4.69) is 9.71 Å². The molecule has 0 unspecified atom stereocenters. The van der Waals surface area contributed by atoms with E-state index in [1.807, 2.05) is 43.7 Å². The molecule has 0 amide bonds. The number of sulfonamides is 1. The molecule has 104 valence electrons. The minimum absolute atomic E-state index is 0.165. The van der Waals surface area contributed by atoms with E-state index in [4.69, 9.17) is 0 Å². The maximum atomic E-state index is 11.6. The molecular weight excluding hydrogens is 262 g/mol. The van der Waals surface area contributed by atoms with Gasteiger partial charge < -0.3 is 4.57 Å². The predicted molar refractivity (Wildman–Crippen MR) is 76.4 cm³/mol. The molecule has 6 heteroatoms. The Morgan fingerprint density at radius 3 is 2.79 bits per heavy atom. The molecule has 0 aliphatic rings. The molecule has 1 aromatic heterocycles. The number of aryl methyl sites for hydroxylation is 2. The third kappa shape index (κ3) is 3.13. The fourth-order valence-electron chi connectivity index (χ4n) is 2.01. The summed E-state index contributed by atoms with van der Waals surface area (Å²) in [5.74, 6) is 1.11. The fraction of sp³-hybridized carbons (Fsp3) is 0.462. The Morgan fingerprint density at radius 2 is 2.11 bits per heavy atom. The lowest BCUT2D eigenvalue weighted by Crippen LogP contribution is -2.25. The number of imidazole rings is 1. The summed E-state index contributed by atoms with van der Waals surface area (Å²) in [6, 6.07) is 5.83. The molecule has 2 rings (SSSR count). The second-order valence-corrected chi connectivity index (χ2v) is 6.61. The van der Waals surface area contributed by atoms with Crippen molar-refractivity contribution in [2.45, 2.75) is 26.8 Å². The molecule has 5 nitrogen and oxygen atoms in total. The zero-order chi connectivity index (χ0) is 14.0. The quantitative estimate of drug-likeness (QED) is 0.907. The van der Waals surface area contributed by atoms with Gasteiger partial charge in [-0.3, -0.25) is 0 Å². The van der Waals surface area contributed by atoms with E-state index in [-0.39, 0.29) is 5.75 Å². The monoisotopic (exact) mass is 281 g/mol. The molecule has 0 saturated carbocycles. The lowest BCUT2D eigenvalue weighted by molar-refractivity contribution is 0.580. The molecule has 2 aromatic rings. The highest BCUT2D eigenvalue weighted by Gasteiger charge is 2.09. The number of hydrogen-bond acceptors (Lipinski definition) is 3. The van der Waals surface area contributed by atoms with Crippen molar-refractivity contribution in [2.24, 2.45) is 7.05 Å². The number of nitrogens with one attached hydrogen (secondary N) is 1. The third-order valence-corrected chi connectivity index (χ3v) is 4.67. The van der Waals surface area contributed by atoms with E-state index in [0.29, 0.717) is 13.0 Å². The summed E-state index contributed by atoms with van der Waals surface area (Å²) in [5.41, 5.74) is 2.87. The molecule has 0 spiro atoms. The van der Waals surface area contributed by atoms with Crippen LogP contribution in [0.1, 0.15) is 24.7 Å². The first-order valence-electron chi connectivity index (χ1n) is 6.32. The summed E-state index contributed by atoms with van der Waals surface area (Å²) in [7, 11) is -1.20. The van der Waals surface area contributed by atoms with Crippen molar-refractivity contribution in [3.05, 3.63) is 29.6 Å². The standard InChI is InChI=1S/C13H19N3O2S/c1-4-7-19(17,18)14-9-11-5-6-13-12(8-11)15-10(2)16(13)3/h5-6,8,14H,4,7,9H2,1-3H3. The van der Waals surface area contributed by atoms with E-state index >= 15 is 0 Å². The van der Waals surface area contributed by atoms with Gasteiger partial charge in [-0.2, -0.15) is 0 Å².